The smallest absolute Gasteiger partial charge is 0.0743 e. The summed E-state index contributed by atoms with van der Waals surface area (Å²) in [6.07, 6.45) is 3.15. The van der Waals surface area contributed by atoms with Crippen molar-refractivity contribution in [1.29, 1.82) is 0 Å². The summed E-state index contributed by atoms with van der Waals surface area (Å²) < 4.78 is 0. The minimum atomic E-state index is 0.775. The molecule has 88 valence electrons. The molecule has 2 heterocycles. The molecule has 0 spiro atoms. The predicted octanol–water partition coefficient (Wildman–Crippen LogP) is 2.66. The number of fused-ring (bicyclic) bond motifs is 1. The molecule has 0 bridgehead atoms. The van der Waals surface area contributed by atoms with E-state index in [-0.39, 0.29) is 0 Å². The van der Waals surface area contributed by atoms with Gasteiger partial charge in [-0.2, -0.15) is 0 Å². The fourth-order valence-electron chi connectivity index (χ4n) is 2.58. The van der Waals surface area contributed by atoms with Crippen LogP contribution in [0.4, 0.5) is 11.4 Å². The Balaban J connectivity index is 2.10. The summed E-state index contributed by atoms with van der Waals surface area (Å²) in [5, 5.41) is 1.20. The lowest BCUT2D eigenvalue weighted by molar-refractivity contribution is 0.659. The summed E-state index contributed by atoms with van der Waals surface area (Å²) in [4.78, 5) is 6.84. The maximum Gasteiger partial charge on any atom is 0.0743 e. The number of hydrogen-bond acceptors (Lipinski definition) is 3. The third-order valence-electron chi connectivity index (χ3n) is 3.51. The van der Waals surface area contributed by atoms with Gasteiger partial charge in [-0.05, 0) is 36.6 Å². The van der Waals surface area contributed by atoms with Gasteiger partial charge in [-0.15, -0.1) is 0 Å². The molecule has 0 radical (unpaired) electrons. The molecule has 3 nitrogen and oxygen atoms in total. The first kappa shape index (κ1) is 10.4. The Kier molecular flexibility index (Phi) is 2.39. The Morgan fingerprint density at radius 2 is 2.24 bits per heavy atom. The summed E-state index contributed by atoms with van der Waals surface area (Å²) in [6, 6.07) is 8.08. The van der Waals surface area contributed by atoms with Crippen LogP contribution in [0.15, 0.2) is 30.5 Å². The van der Waals surface area contributed by atoms with Crippen LogP contribution in [0.5, 0.6) is 0 Å². The first-order chi connectivity index (χ1) is 8.24. The molecule has 1 atom stereocenters. The fourth-order valence-corrected chi connectivity index (χ4v) is 2.58. The molecule has 3 rings (SSSR count). The number of benzene rings is 1. The first-order valence-electron chi connectivity index (χ1n) is 6.13. The van der Waals surface area contributed by atoms with Crippen LogP contribution < -0.4 is 10.6 Å². The van der Waals surface area contributed by atoms with Crippen LogP contribution >= 0.6 is 0 Å². The van der Waals surface area contributed by atoms with Gasteiger partial charge in [0.15, 0.2) is 0 Å². The van der Waals surface area contributed by atoms with Gasteiger partial charge in [0.2, 0.25) is 0 Å². The molecule has 0 aliphatic carbocycles. The molecule has 0 saturated carbocycles. The number of nitrogen functional groups attached to an aromatic ring is 1. The van der Waals surface area contributed by atoms with Gasteiger partial charge in [0.05, 0.1) is 5.52 Å². The molecule has 1 unspecified atom stereocenters. The van der Waals surface area contributed by atoms with Crippen LogP contribution in [0.1, 0.15) is 13.3 Å². The van der Waals surface area contributed by atoms with E-state index in [1.54, 1.807) is 0 Å². The Morgan fingerprint density at radius 1 is 1.35 bits per heavy atom. The van der Waals surface area contributed by atoms with E-state index in [9.17, 15) is 0 Å². The molecule has 3 heteroatoms. The first-order valence-corrected chi connectivity index (χ1v) is 6.13. The molecule has 17 heavy (non-hydrogen) atoms. The van der Waals surface area contributed by atoms with Crippen LogP contribution in [0.25, 0.3) is 10.9 Å². The maximum atomic E-state index is 5.80. The second-order valence-electron chi connectivity index (χ2n) is 4.95. The molecule has 1 fully saturated rings. The minimum Gasteiger partial charge on any atom is -0.399 e. The Labute approximate surface area is 101 Å². The second-order valence-corrected chi connectivity index (χ2v) is 4.95. The maximum absolute atomic E-state index is 5.80. The van der Waals surface area contributed by atoms with Crippen LogP contribution in [0.3, 0.4) is 0 Å². The van der Waals surface area contributed by atoms with Crippen molar-refractivity contribution in [3.8, 4) is 0 Å². The number of pyridine rings is 1. The summed E-state index contributed by atoms with van der Waals surface area (Å²) in [7, 11) is 0. The van der Waals surface area contributed by atoms with Gasteiger partial charge in [0.1, 0.15) is 0 Å². The van der Waals surface area contributed by atoms with E-state index >= 15 is 0 Å². The van der Waals surface area contributed by atoms with Gasteiger partial charge < -0.3 is 10.6 Å². The summed E-state index contributed by atoms with van der Waals surface area (Å²) in [5.41, 5.74) is 8.85. The lowest BCUT2D eigenvalue weighted by Gasteiger charge is -2.20. The average Bonchev–Trinajstić information content (AvgIpc) is 2.74. The van der Waals surface area contributed by atoms with E-state index in [1.165, 1.54) is 17.5 Å². The van der Waals surface area contributed by atoms with E-state index < -0.39 is 0 Å². The average molecular weight is 227 g/mol. The number of nitrogens with two attached hydrogens (primary N) is 1. The zero-order valence-corrected chi connectivity index (χ0v) is 10.1. The van der Waals surface area contributed by atoms with Crippen molar-refractivity contribution in [1.82, 2.24) is 4.98 Å². The monoisotopic (exact) mass is 227 g/mol. The number of hydrogen-bond donors (Lipinski definition) is 1. The van der Waals surface area contributed by atoms with Crippen LogP contribution in [0, 0.1) is 5.92 Å². The minimum absolute atomic E-state index is 0.775. The lowest BCUT2D eigenvalue weighted by atomic mass is 10.1. The Morgan fingerprint density at radius 3 is 3.00 bits per heavy atom. The molecular weight excluding hydrogens is 210 g/mol. The summed E-state index contributed by atoms with van der Waals surface area (Å²) >= 11 is 0. The van der Waals surface area contributed by atoms with Gasteiger partial charge in [0, 0.05) is 36.0 Å². The zero-order chi connectivity index (χ0) is 11.8. The van der Waals surface area contributed by atoms with Crippen molar-refractivity contribution in [3.05, 3.63) is 30.5 Å². The van der Waals surface area contributed by atoms with Crippen molar-refractivity contribution in [3.63, 3.8) is 0 Å². The second kappa shape index (κ2) is 3.91. The summed E-state index contributed by atoms with van der Waals surface area (Å²) in [5.74, 6) is 0.784. The number of anilines is 2. The van der Waals surface area contributed by atoms with E-state index in [4.69, 9.17) is 5.73 Å². The van der Waals surface area contributed by atoms with E-state index in [0.29, 0.717) is 0 Å². The van der Waals surface area contributed by atoms with Crippen LogP contribution in [-0.2, 0) is 0 Å². The highest BCUT2D eigenvalue weighted by molar-refractivity contribution is 5.93. The molecule has 2 N–H and O–H groups in total. The highest BCUT2D eigenvalue weighted by atomic mass is 15.2. The van der Waals surface area contributed by atoms with E-state index in [2.05, 4.69) is 28.9 Å². The van der Waals surface area contributed by atoms with Crippen LogP contribution in [0.2, 0.25) is 0 Å². The molecule has 1 saturated heterocycles. The lowest BCUT2D eigenvalue weighted by Crippen LogP contribution is -2.19. The highest BCUT2D eigenvalue weighted by Crippen LogP contribution is 2.30. The quantitative estimate of drug-likeness (QED) is 0.762. The van der Waals surface area contributed by atoms with Crippen LogP contribution in [-0.4, -0.2) is 18.1 Å². The zero-order valence-electron chi connectivity index (χ0n) is 10.1. The van der Waals surface area contributed by atoms with Gasteiger partial charge in [-0.25, -0.2) is 0 Å². The number of aromatic nitrogens is 1. The van der Waals surface area contributed by atoms with Gasteiger partial charge in [-0.1, -0.05) is 6.92 Å². The van der Waals surface area contributed by atoms with Crippen molar-refractivity contribution >= 4 is 22.3 Å². The largest absolute Gasteiger partial charge is 0.399 e. The van der Waals surface area contributed by atoms with Gasteiger partial charge in [0.25, 0.3) is 0 Å². The predicted molar refractivity (Wildman–Crippen MR) is 72.1 cm³/mol. The van der Waals surface area contributed by atoms with Crippen molar-refractivity contribution < 1.29 is 0 Å². The van der Waals surface area contributed by atoms with Crippen molar-refractivity contribution in [2.24, 2.45) is 5.92 Å². The normalized spacial score (nSPS) is 20.1. The Hall–Kier alpha value is -1.77. The van der Waals surface area contributed by atoms with Gasteiger partial charge in [-0.3, -0.25) is 4.98 Å². The molecule has 2 aromatic rings. The fraction of sp³-hybridized carbons (Fsp3) is 0.357. The molecule has 1 aromatic heterocycles. The van der Waals surface area contributed by atoms with E-state index in [1.807, 2.05) is 18.3 Å². The SMILES string of the molecule is CC1CCN(c2ccnc3cc(N)ccc23)C1. The summed E-state index contributed by atoms with van der Waals surface area (Å²) in [6.45, 7) is 4.59. The van der Waals surface area contributed by atoms with Gasteiger partial charge >= 0.3 is 0 Å². The Bertz CT molecular complexity index is 550. The molecule has 1 aliphatic heterocycles. The van der Waals surface area contributed by atoms with Crippen molar-refractivity contribution in [2.45, 2.75) is 13.3 Å². The third kappa shape index (κ3) is 1.82. The highest BCUT2D eigenvalue weighted by Gasteiger charge is 2.20. The topological polar surface area (TPSA) is 42.2 Å². The number of nitrogens with zero attached hydrogens (tertiary/aromatic N) is 2. The standard InChI is InChI=1S/C14H17N3/c1-10-5-7-17(9-10)14-4-6-16-13-8-11(15)2-3-12(13)14/h2-4,6,8,10H,5,7,9,15H2,1H3. The number of rotatable bonds is 1. The van der Waals surface area contributed by atoms with E-state index in [0.717, 1.165) is 30.2 Å². The molecular formula is C14H17N3. The molecule has 1 aliphatic rings. The third-order valence-corrected chi connectivity index (χ3v) is 3.51. The van der Waals surface area contributed by atoms with Crippen molar-refractivity contribution in [2.75, 3.05) is 23.7 Å². The molecule has 1 aromatic carbocycles. The molecule has 0 amide bonds.